The molecular formula is C23H32N6O8. The number of nitrogens with one attached hydrogen (secondary N) is 4. The van der Waals surface area contributed by atoms with E-state index in [1.165, 1.54) is 50.6 Å². The third kappa shape index (κ3) is 8.86. The average Bonchev–Trinajstić information content (AvgIpc) is 3.35. The molecule has 37 heavy (non-hydrogen) atoms. The third-order valence-electron chi connectivity index (χ3n) is 5.49. The maximum atomic E-state index is 13.1. The number of carbonyl (C=O) groups excluding carboxylic acids is 3. The van der Waals surface area contributed by atoms with Crippen molar-refractivity contribution in [2.75, 3.05) is 0 Å². The first kappa shape index (κ1) is 29.2. The van der Waals surface area contributed by atoms with Gasteiger partial charge in [-0.15, -0.1) is 0 Å². The molecule has 1 aromatic heterocycles. The van der Waals surface area contributed by atoms with Gasteiger partial charge in [0.25, 0.3) is 0 Å². The van der Waals surface area contributed by atoms with Crippen LogP contribution in [0.4, 0.5) is 0 Å². The highest BCUT2D eigenvalue weighted by atomic mass is 16.4. The fraction of sp³-hybridized carbons (Fsp3) is 0.435. The number of phenolic OH excluding ortho intramolecular Hbond substituents is 1. The highest BCUT2D eigenvalue weighted by molar-refractivity contribution is 5.94. The molecule has 6 atom stereocenters. The predicted molar refractivity (Wildman–Crippen MR) is 129 cm³/mol. The summed E-state index contributed by atoms with van der Waals surface area (Å²) in [6.07, 6.45) is -0.119. The van der Waals surface area contributed by atoms with Crippen molar-refractivity contribution in [1.29, 1.82) is 0 Å². The Labute approximate surface area is 212 Å². The Morgan fingerprint density at radius 3 is 2.05 bits per heavy atom. The molecule has 0 aliphatic carbocycles. The number of aromatic nitrogens is 2. The smallest absolute Gasteiger partial charge is 0.326 e. The number of carboxylic acid groups (broad SMARTS) is 1. The molecule has 6 unspecified atom stereocenters. The van der Waals surface area contributed by atoms with Crippen LogP contribution in [0.2, 0.25) is 0 Å². The number of aliphatic carboxylic acids is 1. The molecule has 0 fully saturated rings. The number of aromatic hydroxyl groups is 1. The number of rotatable bonds is 13. The Morgan fingerprint density at radius 2 is 1.54 bits per heavy atom. The summed E-state index contributed by atoms with van der Waals surface area (Å²) >= 11 is 0. The molecule has 2 aromatic rings. The summed E-state index contributed by atoms with van der Waals surface area (Å²) in [7, 11) is 0. The quantitative estimate of drug-likeness (QED) is 0.135. The second-order valence-electron chi connectivity index (χ2n) is 8.61. The molecule has 1 aromatic carbocycles. The van der Waals surface area contributed by atoms with Gasteiger partial charge in [-0.25, -0.2) is 9.78 Å². The number of aliphatic hydroxyl groups is 2. The molecule has 0 aliphatic rings. The zero-order valence-electron chi connectivity index (χ0n) is 20.3. The number of aliphatic hydroxyl groups excluding tert-OH is 2. The first-order chi connectivity index (χ1) is 17.4. The summed E-state index contributed by atoms with van der Waals surface area (Å²) in [5.41, 5.74) is 6.64. The first-order valence-corrected chi connectivity index (χ1v) is 11.4. The molecule has 1 heterocycles. The summed E-state index contributed by atoms with van der Waals surface area (Å²) in [6, 6.07) is 0.200. The van der Waals surface area contributed by atoms with Crippen LogP contribution in [0.1, 0.15) is 25.1 Å². The van der Waals surface area contributed by atoms with E-state index >= 15 is 0 Å². The van der Waals surface area contributed by atoms with E-state index in [4.69, 9.17) is 5.73 Å². The molecule has 0 saturated heterocycles. The number of carbonyl (C=O) groups is 4. The van der Waals surface area contributed by atoms with Crippen molar-refractivity contribution in [3.8, 4) is 5.75 Å². The van der Waals surface area contributed by atoms with Crippen molar-refractivity contribution in [1.82, 2.24) is 25.9 Å². The van der Waals surface area contributed by atoms with E-state index in [2.05, 4.69) is 25.9 Å². The molecular weight excluding hydrogens is 488 g/mol. The molecule has 14 heteroatoms. The van der Waals surface area contributed by atoms with E-state index in [1.807, 2.05) is 0 Å². The van der Waals surface area contributed by atoms with Gasteiger partial charge in [0.15, 0.2) is 0 Å². The van der Waals surface area contributed by atoms with E-state index in [1.54, 1.807) is 0 Å². The van der Waals surface area contributed by atoms with E-state index in [-0.39, 0.29) is 18.6 Å². The Balaban J connectivity index is 2.20. The van der Waals surface area contributed by atoms with Crippen molar-refractivity contribution in [3.63, 3.8) is 0 Å². The molecule has 0 saturated carbocycles. The summed E-state index contributed by atoms with van der Waals surface area (Å²) in [6.45, 7) is 2.53. The lowest BCUT2D eigenvalue weighted by molar-refractivity contribution is -0.143. The lowest BCUT2D eigenvalue weighted by Crippen LogP contribution is -2.61. The van der Waals surface area contributed by atoms with Crippen LogP contribution in [0.15, 0.2) is 36.8 Å². The number of benzene rings is 1. The Bertz CT molecular complexity index is 1060. The minimum Gasteiger partial charge on any atom is -0.508 e. The van der Waals surface area contributed by atoms with Gasteiger partial charge in [-0.3, -0.25) is 14.4 Å². The maximum Gasteiger partial charge on any atom is 0.326 e. The highest BCUT2D eigenvalue weighted by Gasteiger charge is 2.33. The molecule has 0 radical (unpaired) electrons. The molecule has 0 bridgehead atoms. The van der Waals surface area contributed by atoms with Gasteiger partial charge in [-0.05, 0) is 31.5 Å². The summed E-state index contributed by atoms with van der Waals surface area (Å²) in [5.74, 6) is -4.04. The number of H-pyrrole nitrogens is 1. The molecule has 0 spiro atoms. The van der Waals surface area contributed by atoms with Gasteiger partial charge < -0.3 is 47.1 Å². The number of nitrogens with two attached hydrogens (primary N) is 1. The molecule has 14 nitrogen and oxygen atoms in total. The van der Waals surface area contributed by atoms with Crippen LogP contribution < -0.4 is 21.7 Å². The van der Waals surface area contributed by atoms with Crippen LogP contribution in [0.5, 0.6) is 5.75 Å². The van der Waals surface area contributed by atoms with Gasteiger partial charge in [0, 0.05) is 24.7 Å². The van der Waals surface area contributed by atoms with Gasteiger partial charge >= 0.3 is 5.97 Å². The minimum atomic E-state index is -1.57. The summed E-state index contributed by atoms with van der Waals surface area (Å²) in [5, 5.41) is 45.8. The number of imidazole rings is 1. The number of aromatic amines is 1. The molecule has 10 N–H and O–H groups in total. The Morgan fingerprint density at radius 1 is 0.919 bits per heavy atom. The largest absolute Gasteiger partial charge is 0.508 e. The normalized spacial score (nSPS) is 15.9. The summed E-state index contributed by atoms with van der Waals surface area (Å²) < 4.78 is 0. The van der Waals surface area contributed by atoms with Crippen molar-refractivity contribution in [2.45, 2.75) is 63.1 Å². The number of hydrogen-bond donors (Lipinski definition) is 9. The van der Waals surface area contributed by atoms with Crippen LogP contribution in [0.25, 0.3) is 0 Å². The second-order valence-corrected chi connectivity index (χ2v) is 8.61. The van der Waals surface area contributed by atoms with E-state index < -0.39 is 60.1 Å². The number of nitrogens with zero attached hydrogens (tertiary/aromatic N) is 1. The fourth-order valence-corrected chi connectivity index (χ4v) is 3.30. The molecule has 202 valence electrons. The van der Waals surface area contributed by atoms with E-state index in [0.717, 1.165) is 0 Å². The highest BCUT2D eigenvalue weighted by Crippen LogP contribution is 2.12. The number of carboxylic acids is 1. The third-order valence-corrected chi connectivity index (χ3v) is 5.49. The zero-order valence-corrected chi connectivity index (χ0v) is 20.3. The minimum absolute atomic E-state index is 0.0149. The van der Waals surface area contributed by atoms with Gasteiger partial charge in [-0.1, -0.05) is 12.1 Å². The first-order valence-electron chi connectivity index (χ1n) is 11.4. The number of amides is 3. The van der Waals surface area contributed by atoms with Crippen LogP contribution in [0.3, 0.4) is 0 Å². The predicted octanol–water partition coefficient (Wildman–Crippen LogP) is -2.47. The van der Waals surface area contributed by atoms with Gasteiger partial charge in [0.1, 0.15) is 29.9 Å². The van der Waals surface area contributed by atoms with E-state index in [0.29, 0.717) is 11.3 Å². The van der Waals surface area contributed by atoms with Crippen molar-refractivity contribution in [2.24, 2.45) is 5.73 Å². The Kier molecular flexibility index (Phi) is 10.5. The standard InChI is InChI=1S/C23H32N6O8/c1-11(30)18(24)21(34)27-16(7-13-3-5-15(32)6-4-13)20(33)29-19(12(2)31)22(35)28-17(23(36)37)8-14-9-25-10-26-14/h3-6,9-12,16-19,30-32H,7-8,24H2,1-2H3,(H,25,26)(H,27,34)(H,28,35)(H,29,33)(H,36,37). The second kappa shape index (κ2) is 13.3. The zero-order chi connectivity index (χ0) is 27.7. The molecule has 3 amide bonds. The van der Waals surface area contributed by atoms with Crippen molar-refractivity contribution < 1.29 is 39.6 Å². The van der Waals surface area contributed by atoms with Crippen molar-refractivity contribution in [3.05, 3.63) is 48.0 Å². The Hall–Kier alpha value is -4.01. The SMILES string of the molecule is CC(O)C(N)C(=O)NC(Cc1ccc(O)cc1)C(=O)NC(C(=O)NC(Cc1cnc[nH]1)C(=O)O)C(C)O. The van der Waals surface area contributed by atoms with Gasteiger partial charge in [0.2, 0.25) is 17.7 Å². The molecule has 2 rings (SSSR count). The van der Waals surface area contributed by atoms with E-state index in [9.17, 15) is 39.6 Å². The van der Waals surface area contributed by atoms with Crippen molar-refractivity contribution >= 4 is 23.7 Å². The fourth-order valence-electron chi connectivity index (χ4n) is 3.30. The lowest BCUT2D eigenvalue weighted by atomic mass is 10.0. The van der Waals surface area contributed by atoms with Crippen LogP contribution in [-0.4, -0.2) is 90.5 Å². The lowest BCUT2D eigenvalue weighted by Gasteiger charge is -2.27. The topological polar surface area (TPSA) is 240 Å². The average molecular weight is 521 g/mol. The molecule has 0 aliphatic heterocycles. The number of phenols is 1. The van der Waals surface area contributed by atoms with Crippen LogP contribution >= 0.6 is 0 Å². The number of hydrogen-bond acceptors (Lipinski definition) is 9. The van der Waals surface area contributed by atoms with Crippen LogP contribution in [0, 0.1) is 0 Å². The van der Waals surface area contributed by atoms with Crippen LogP contribution in [-0.2, 0) is 32.0 Å². The van der Waals surface area contributed by atoms with Gasteiger partial charge in [0.05, 0.1) is 18.5 Å². The maximum absolute atomic E-state index is 13.1. The summed E-state index contributed by atoms with van der Waals surface area (Å²) in [4.78, 5) is 56.6. The van der Waals surface area contributed by atoms with Gasteiger partial charge in [-0.2, -0.15) is 0 Å². The monoisotopic (exact) mass is 520 g/mol.